The summed E-state index contributed by atoms with van der Waals surface area (Å²) >= 11 is 1.37. The Balaban J connectivity index is 2.10. The van der Waals surface area contributed by atoms with Gasteiger partial charge in [-0.05, 0) is 6.92 Å². The van der Waals surface area contributed by atoms with Crippen LogP contribution in [0.4, 0.5) is 5.13 Å². The van der Waals surface area contributed by atoms with Gasteiger partial charge in [0.05, 0.1) is 5.69 Å². The molecule has 0 atom stereocenters. The average molecular weight is 211 g/mol. The van der Waals surface area contributed by atoms with E-state index in [4.69, 9.17) is 0 Å². The van der Waals surface area contributed by atoms with Gasteiger partial charge in [-0.1, -0.05) is 0 Å². The maximum absolute atomic E-state index is 11.2. The molecule has 0 saturated carbocycles. The number of aryl methyl sites for hydroxylation is 1. The van der Waals surface area contributed by atoms with E-state index in [1.54, 1.807) is 0 Å². The van der Waals surface area contributed by atoms with Crippen LogP contribution in [0.2, 0.25) is 0 Å². The first-order valence-electron chi connectivity index (χ1n) is 4.21. The van der Waals surface area contributed by atoms with E-state index in [2.05, 4.69) is 10.4 Å². The van der Waals surface area contributed by atoms with Gasteiger partial charge in [0, 0.05) is 18.2 Å². The molecule has 1 aliphatic rings. The van der Waals surface area contributed by atoms with Crippen molar-refractivity contribution in [2.24, 2.45) is 0 Å². The first-order valence-corrected chi connectivity index (χ1v) is 5.09. The molecule has 2 heterocycles. The van der Waals surface area contributed by atoms with Crippen LogP contribution in [0.15, 0.2) is 5.38 Å². The van der Waals surface area contributed by atoms with E-state index in [-0.39, 0.29) is 24.7 Å². The van der Waals surface area contributed by atoms with Crippen LogP contribution >= 0.6 is 11.3 Å². The summed E-state index contributed by atoms with van der Waals surface area (Å²) in [6.07, 6.45) is 0.576. The zero-order valence-corrected chi connectivity index (χ0v) is 8.43. The lowest BCUT2D eigenvalue weighted by molar-refractivity contribution is -0.136. The van der Waals surface area contributed by atoms with E-state index >= 15 is 0 Å². The molecule has 2 rings (SSSR count). The molecule has 0 bridgehead atoms. The van der Waals surface area contributed by atoms with Crippen LogP contribution in [0.5, 0.6) is 0 Å². The van der Waals surface area contributed by atoms with Gasteiger partial charge in [-0.2, -0.15) is 5.01 Å². The molecular weight excluding hydrogens is 202 g/mol. The number of rotatable bonds is 2. The molecule has 74 valence electrons. The summed E-state index contributed by atoms with van der Waals surface area (Å²) in [6, 6.07) is 0. The van der Waals surface area contributed by atoms with Crippen LogP contribution in [0, 0.1) is 6.92 Å². The van der Waals surface area contributed by atoms with Crippen molar-refractivity contribution in [1.82, 2.24) is 9.99 Å². The molecule has 1 fully saturated rings. The minimum absolute atomic E-state index is 0.192. The van der Waals surface area contributed by atoms with Crippen LogP contribution in [0.3, 0.4) is 0 Å². The highest BCUT2D eigenvalue weighted by molar-refractivity contribution is 7.13. The van der Waals surface area contributed by atoms with E-state index in [1.807, 2.05) is 12.3 Å². The Kier molecular flexibility index (Phi) is 2.20. The highest BCUT2D eigenvalue weighted by Gasteiger charge is 2.29. The number of amides is 2. The SMILES string of the molecule is Cc1csc(NN2C(=O)CCC2=O)n1. The lowest BCUT2D eigenvalue weighted by Crippen LogP contribution is -2.34. The Hall–Kier alpha value is -1.43. The molecule has 0 radical (unpaired) electrons. The highest BCUT2D eigenvalue weighted by Crippen LogP contribution is 2.18. The predicted molar refractivity (Wildman–Crippen MR) is 51.6 cm³/mol. The van der Waals surface area contributed by atoms with Crippen LogP contribution in [-0.2, 0) is 9.59 Å². The summed E-state index contributed by atoms with van der Waals surface area (Å²) < 4.78 is 0. The van der Waals surface area contributed by atoms with E-state index < -0.39 is 0 Å². The van der Waals surface area contributed by atoms with Crippen molar-refractivity contribution >= 4 is 28.3 Å². The van der Waals surface area contributed by atoms with Gasteiger partial charge < -0.3 is 0 Å². The number of carbonyl (C=O) groups excluding carboxylic acids is 2. The third-order valence-electron chi connectivity index (χ3n) is 1.88. The Morgan fingerprint density at radius 2 is 2.07 bits per heavy atom. The van der Waals surface area contributed by atoms with Crippen molar-refractivity contribution in [3.05, 3.63) is 11.1 Å². The fraction of sp³-hybridized carbons (Fsp3) is 0.375. The second kappa shape index (κ2) is 3.38. The number of aromatic nitrogens is 1. The van der Waals surface area contributed by atoms with Gasteiger partial charge in [-0.25, -0.2) is 4.98 Å². The van der Waals surface area contributed by atoms with Gasteiger partial charge in [0.15, 0.2) is 0 Å². The lowest BCUT2D eigenvalue weighted by atomic mass is 10.4. The summed E-state index contributed by atoms with van der Waals surface area (Å²) in [7, 11) is 0. The normalized spacial score (nSPS) is 16.5. The number of thiazole rings is 1. The Bertz CT molecular complexity index is 372. The molecule has 0 unspecified atom stereocenters. The van der Waals surface area contributed by atoms with E-state index in [9.17, 15) is 9.59 Å². The maximum Gasteiger partial charge on any atom is 0.248 e. The number of carbonyl (C=O) groups is 2. The lowest BCUT2D eigenvalue weighted by Gasteiger charge is -2.13. The molecule has 0 spiro atoms. The fourth-order valence-electron chi connectivity index (χ4n) is 1.20. The number of nitrogens with one attached hydrogen (secondary N) is 1. The molecule has 0 aliphatic carbocycles. The molecule has 2 amide bonds. The van der Waals surface area contributed by atoms with Crippen molar-refractivity contribution in [1.29, 1.82) is 0 Å². The van der Waals surface area contributed by atoms with Gasteiger partial charge in [-0.15, -0.1) is 11.3 Å². The highest BCUT2D eigenvalue weighted by atomic mass is 32.1. The number of nitrogens with zero attached hydrogens (tertiary/aromatic N) is 2. The summed E-state index contributed by atoms with van der Waals surface area (Å²) in [5, 5.41) is 3.47. The predicted octanol–water partition coefficient (Wildman–Crippen LogP) is 0.927. The summed E-state index contributed by atoms with van der Waals surface area (Å²) in [4.78, 5) is 26.5. The third-order valence-corrected chi connectivity index (χ3v) is 2.74. The Morgan fingerprint density at radius 1 is 1.43 bits per heavy atom. The molecular formula is C8H9N3O2S. The van der Waals surface area contributed by atoms with Crippen LogP contribution in [-0.4, -0.2) is 21.8 Å². The Labute approximate surface area is 84.7 Å². The monoisotopic (exact) mass is 211 g/mol. The second-order valence-electron chi connectivity index (χ2n) is 3.03. The minimum atomic E-state index is -0.192. The number of anilines is 1. The topological polar surface area (TPSA) is 62.3 Å². The van der Waals surface area contributed by atoms with Gasteiger partial charge >= 0.3 is 0 Å². The van der Waals surface area contributed by atoms with Gasteiger partial charge in [-0.3, -0.25) is 15.0 Å². The zero-order chi connectivity index (χ0) is 10.1. The molecule has 1 saturated heterocycles. The average Bonchev–Trinajstić information content (AvgIpc) is 2.67. The largest absolute Gasteiger partial charge is 0.273 e. The standard InChI is InChI=1S/C8H9N3O2S/c1-5-4-14-8(9-5)10-11-6(12)2-3-7(11)13/h4H,2-3H2,1H3,(H,9,10). The van der Waals surface area contributed by atoms with Crippen molar-refractivity contribution in [3.8, 4) is 0 Å². The first-order chi connectivity index (χ1) is 6.66. The molecule has 14 heavy (non-hydrogen) atoms. The quantitative estimate of drug-likeness (QED) is 0.739. The zero-order valence-electron chi connectivity index (χ0n) is 7.61. The number of hydrogen-bond donors (Lipinski definition) is 1. The van der Waals surface area contributed by atoms with E-state index in [0.717, 1.165) is 10.7 Å². The van der Waals surface area contributed by atoms with Crippen LogP contribution < -0.4 is 5.43 Å². The van der Waals surface area contributed by atoms with Crippen molar-refractivity contribution in [2.75, 3.05) is 5.43 Å². The van der Waals surface area contributed by atoms with Gasteiger partial charge in [0.2, 0.25) is 16.9 Å². The maximum atomic E-state index is 11.2. The molecule has 5 nitrogen and oxygen atoms in total. The van der Waals surface area contributed by atoms with Crippen molar-refractivity contribution in [3.63, 3.8) is 0 Å². The van der Waals surface area contributed by atoms with Crippen LogP contribution in [0.1, 0.15) is 18.5 Å². The Morgan fingerprint density at radius 3 is 2.57 bits per heavy atom. The van der Waals surface area contributed by atoms with Crippen molar-refractivity contribution < 1.29 is 9.59 Å². The minimum Gasteiger partial charge on any atom is -0.273 e. The van der Waals surface area contributed by atoms with E-state index in [0.29, 0.717) is 5.13 Å². The van der Waals surface area contributed by atoms with Crippen LogP contribution in [0.25, 0.3) is 0 Å². The summed E-state index contributed by atoms with van der Waals surface area (Å²) in [5.74, 6) is -0.384. The van der Waals surface area contributed by atoms with Gasteiger partial charge in [0.1, 0.15) is 0 Å². The molecule has 6 heteroatoms. The fourth-order valence-corrected chi connectivity index (χ4v) is 1.88. The number of imide groups is 1. The molecule has 0 aromatic carbocycles. The number of hydrogen-bond acceptors (Lipinski definition) is 5. The molecule has 1 N–H and O–H groups in total. The first kappa shape index (κ1) is 9.14. The summed E-state index contributed by atoms with van der Waals surface area (Å²) in [5.41, 5.74) is 3.57. The second-order valence-corrected chi connectivity index (χ2v) is 3.89. The summed E-state index contributed by atoms with van der Waals surface area (Å²) in [6.45, 7) is 1.86. The molecule has 1 aromatic rings. The molecule has 1 aromatic heterocycles. The third kappa shape index (κ3) is 1.60. The van der Waals surface area contributed by atoms with E-state index in [1.165, 1.54) is 11.3 Å². The van der Waals surface area contributed by atoms with Gasteiger partial charge in [0.25, 0.3) is 0 Å². The van der Waals surface area contributed by atoms with Crippen molar-refractivity contribution in [2.45, 2.75) is 19.8 Å². The molecule has 1 aliphatic heterocycles. The number of hydrazine groups is 1. The smallest absolute Gasteiger partial charge is 0.248 e.